The number of rotatable bonds is 3. The van der Waals surface area contributed by atoms with Gasteiger partial charge in [0.15, 0.2) is 9.84 Å². The molecule has 96 valence electrons. The van der Waals surface area contributed by atoms with Crippen LogP contribution in [-0.4, -0.2) is 25.9 Å². The van der Waals surface area contributed by atoms with Crippen molar-refractivity contribution >= 4 is 9.84 Å². The average Bonchev–Trinajstić information content (AvgIpc) is 2.15. The van der Waals surface area contributed by atoms with Gasteiger partial charge < -0.3 is 5.11 Å². The molecule has 0 amide bonds. The Balaban J connectivity index is 3.09. The number of aliphatic hydroxyl groups is 1. The lowest BCUT2D eigenvalue weighted by atomic mass is 9.85. The van der Waals surface area contributed by atoms with Crippen molar-refractivity contribution in [3.8, 4) is 0 Å². The summed E-state index contributed by atoms with van der Waals surface area (Å²) in [4.78, 5) is 0.309. The van der Waals surface area contributed by atoms with E-state index >= 15 is 0 Å². The molecule has 0 aromatic heterocycles. The minimum absolute atomic E-state index is 0.259. The van der Waals surface area contributed by atoms with Gasteiger partial charge in [-0.1, -0.05) is 39.0 Å². The molecule has 0 saturated heterocycles. The Labute approximate surface area is 103 Å². The van der Waals surface area contributed by atoms with Crippen LogP contribution in [0.5, 0.6) is 0 Å². The summed E-state index contributed by atoms with van der Waals surface area (Å²) in [5.74, 6) is 0. The number of sulfone groups is 1. The zero-order chi connectivity index (χ0) is 13.3. The molecule has 0 spiro atoms. The highest BCUT2D eigenvalue weighted by atomic mass is 32.2. The molecule has 0 saturated carbocycles. The van der Waals surface area contributed by atoms with E-state index in [1.54, 1.807) is 24.3 Å². The van der Waals surface area contributed by atoms with Crippen LogP contribution >= 0.6 is 0 Å². The van der Waals surface area contributed by atoms with E-state index in [9.17, 15) is 13.5 Å². The Morgan fingerprint density at radius 1 is 1.24 bits per heavy atom. The molecule has 17 heavy (non-hydrogen) atoms. The van der Waals surface area contributed by atoms with E-state index in [2.05, 4.69) is 0 Å². The lowest BCUT2D eigenvalue weighted by Crippen LogP contribution is -2.28. The molecular formula is C13H20O3S. The smallest absolute Gasteiger partial charge is 0.175 e. The third-order valence-corrected chi connectivity index (χ3v) is 3.98. The van der Waals surface area contributed by atoms with E-state index in [-0.39, 0.29) is 5.41 Å². The van der Waals surface area contributed by atoms with E-state index in [1.165, 1.54) is 6.26 Å². The summed E-state index contributed by atoms with van der Waals surface area (Å²) in [6.07, 6.45) is 0.979. The highest BCUT2D eigenvalue weighted by Crippen LogP contribution is 2.25. The summed E-state index contributed by atoms with van der Waals surface area (Å²) in [6.45, 7) is 5.79. The van der Waals surface area contributed by atoms with Crippen LogP contribution in [-0.2, 0) is 16.3 Å². The van der Waals surface area contributed by atoms with E-state index in [1.807, 2.05) is 20.8 Å². The number of hydrogen-bond donors (Lipinski definition) is 1. The van der Waals surface area contributed by atoms with Crippen LogP contribution in [0.2, 0.25) is 0 Å². The van der Waals surface area contributed by atoms with Gasteiger partial charge in [-0.3, -0.25) is 0 Å². The van der Waals surface area contributed by atoms with Gasteiger partial charge in [-0.15, -0.1) is 0 Å². The van der Waals surface area contributed by atoms with E-state index in [0.29, 0.717) is 16.9 Å². The van der Waals surface area contributed by atoms with Crippen LogP contribution in [0.3, 0.4) is 0 Å². The molecule has 1 atom stereocenters. The van der Waals surface area contributed by atoms with Gasteiger partial charge in [0, 0.05) is 12.7 Å². The van der Waals surface area contributed by atoms with Crippen molar-refractivity contribution in [2.24, 2.45) is 5.41 Å². The second-order valence-corrected chi connectivity index (χ2v) is 7.45. The minimum atomic E-state index is -3.24. The topological polar surface area (TPSA) is 54.4 Å². The Hall–Kier alpha value is -0.870. The predicted octanol–water partition coefficient (Wildman–Crippen LogP) is 2.04. The first-order valence-electron chi connectivity index (χ1n) is 5.58. The summed E-state index contributed by atoms with van der Waals surface area (Å²) in [7, 11) is -3.24. The second kappa shape index (κ2) is 4.78. The van der Waals surface area contributed by atoms with Gasteiger partial charge in [-0.2, -0.15) is 0 Å². The summed E-state index contributed by atoms with van der Waals surface area (Å²) >= 11 is 0. The maximum absolute atomic E-state index is 11.6. The standard InChI is InChI=1S/C13H20O3S/c1-13(2,3)12(14)9-10-7-5-6-8-11(10)17(4,15)16/h5-8,12,14H,9H2,1-4H3. The lowest BCUT2D eigenvalue weighted by molar-refractivity contribution is 0.0631. The monoisotopic (exact) mass is 256 g/mol. The normalized spacial score (nSPS) is 14.6. The Bertz CT molecular complexity index is 484. The van der Waals surface area contributed by atoms with Crippen molar-refractivity contribution in [2.45, 2.75) is 38.2 Å². The summed E-state index contributed by atoms with van der Waals surface area (Å²) in [5.41, 5.74) is 0.419. The summed E-state index contributed by atoms with van der Waals surface area (Å²) in [6, 6.07) is 6.83. The molecule has 3 nitrogen and oxygen atoms in total. The van der Waals surface area contributed by atoms with Crippen molar-refractivity contribution in [1.82, 2.24) is 0 Å². The molecule has 0 aliphatic rings. The molecule has 1 aromatic rings. The van der Waals surface area contributed by atoms with Crippen LogP contribution < -0.4 is 0 Å². The van der Waals surface area contributed by atoms with Crippen LogP contribution in [0, 0.1) is 5.41 Å². The zero-order valence-electron chi connectivity index (χ0n) is 10.8. The molecule has 1 N–H and O–H groups in total. The van der Waals surface area contributed by atoms with Gasteiger partial charge in [0.05, 0.1) is 11.0 Å². The Morgan fingerprint density at radius 3 is 2.24 bits per heavy atom. The molecule has 0 bridgehead atoms. The van der Waals surface area contributed by atoms with E-state index < -0.39 is 15.9 Å². The quantitative estimate of drug-likeness (QED) is 0.900. The van der Waals surface area contributed by atoms with E-state index in [4.69, 9.17) is 0 Å². The Morgan fingerprint density at radius 2 is 1.76 bits per heavy atom. The minimum Gasteiger partial charge on any atom is -0.392 e. The molecule has 1 aromatic carbocycles. The molecule has 0 fully saturated rings. The number of aliphatic hydroxyl groups excluding tert-OH is 1. The fraction of sp³-hybridized carbons (Fsp3) is 0.538. The van der Waals surface area contributed by atoms with Crippen molar-refractivity contribution in [1.29, 1.82) is 0 Å². The Kier molecular flexibility index (Phi) is 3.99. The molecule has 1 unspecified atom stereocenters. The molecule has 0 radical (unpaired) electrons. The van der Waals surface area contributed by atoms with Crippen molar-refractivity contribution in [3.05, 3.63) is 29.8 Å². The summed E-state index contributed by atoms with van der Waals surface area (Å²) in [5, 5.41) is 10.0. The first-order chi connectivity index (χ1) is 7.62. The van der Waals surface area contributed by atoms with Crippen molar-refractivity contribution in [2.75, 3.05) is 6.26 Å². The second-order valence-electron chi connectivity index (χ2n) is 5.47. The van der Waals surface area contributed by atoms with E-state index in [0.717, 1.165) is 0 Å². The maximum Gasteiger partial charge on any atom is 0.175 e. The molecule has 0 heterocycles. The van der Waals surface area contributed by atoms with Crippen molar-refractivity contribution in [3.63, 3.8) is 0 Å². The molecule has 1 rings (SSSR count). The number of hydrogen-bond acceptors (Lipinski definition) is 3. The van der Waals surface area contributed by atoms with Gasteiger partial charge in [0.2, 0.25) is 0 Å². The molecule has 0 aliphatic heterocycles. The number of benzene rings is 1. The maximum atomic E-state index is 11.6. The highest BCUT2D eigenvalue weighted by molar-refractivity contribution is 7.90. The lowest BCUT2D eigenvalue weighted by Gasteiger charge is -2.26. The molecule has 0 aliphatic carbocycles. The summed E-state index contributed by atoms with van der Waals surface area (Å²) < 4.78 is 23.2. The molecular weight excluding hydrogens is 236 g/mol. The van der Waals surface area contributed by atoms with Gasteiger partial charge in [0.1, 0.15) is 0 Å². The van der Waals surface area contributed by atoms with Crippen LogP contribution in [0.15, 0.2) is 29.2 Å². The van der Waals surface area contributed by atoms with Crippen LogP contribution in [0.1, 0.15) is 26.3 Å². The average molecular weight is 256 g/mol. The third kappa shape index (κ3) is 3.82. The fourth-order valence-corrected chi connectivity index (χ4v) is 2.50. The van der Waals surface area contributed by atoms with Gasteiger partial charge in [-0.05, 0) is 17.0 Å². The third-order valence-electron chi connectivity index (χ3n) is 2.79. The highest BCUT2D eigenvalue weighted by Gasteiger charge is 2.24. The van der Waals surface area contributed by atoms with Gasteiger partial charge in [0.25, 0.3) is 0 Å². The van der Waals surface area contributed by atoms with Crippen LogP contribution in [0.4, 0.5) is 0 Å². The molecule has 4 heteroatoms. The van der Waals surface area contributed by atoms with Crippen molar-refractivity contribution < 1.29 is 13.5 Å². The SMILES string of the molecule is CC(C)(C)C(O)Cc1ccccc1S(C)(=O)=O. The first kappa shape index (κ1) is 14.2. The predicted molar refractivity (Wildman–Crippen MR) is 68.7 cm³/mol. The first-order valence-corrected chi connectivity index (χ1v) is 7.47. The largest absolute Gasteiger partial charge is 0.392 e. The van der Waals surface area contributed by atoms with Gasteiger partial charge >= 0.3 is 0 Å². The zero-order valence-corrected chi connectivity index (χ0v) is 11.6. The fourth-order valence-electron chi connectivity index (χ4n) is 1.55. The van der Waals surface area contributed by atoms with Gasteiger partial charge in [-0.25, -0.2) is 8.42 Å². The van der Waals surface area contributed by atoms with Crippen LogP contribution in [0.25, 0.3) is 0 Å².